The number of hydrogen-bond acceptors (Lipinski definition) is 4. The fourth-order valence-corrected chi connectivity index (χ4v) is 4.09. The first kappa shape index (κ1) is 17.6. The summed E-state index contributed by atoms with van der Waals surface area (Å²) < 4.78 is 13.4. The van der Waals surface area contributed by atoms with Crippen LogP contribution < -0.4 is 11.3 Å². The number of hydrogen-bond donors (Lipinski definition) is 3. The molecule has 0 fully saturated rings. The first-order valence-corrected chi connectivity index (χ1v) is 9.54. The van der Waals surface area contributed by atoms with Gasteiger partial charge in [-0.2, -0.15) is 0 Å². The van der Waals surface area contributed by atoms with Crippen molar-refractivity contribution in [2.75, 3.05) is 12.3 Å². The Morgan fingerprint density at radius 1 is 1.10 bits per heavy atom. The van der Waals surface area contributed by atoms with Crippen LogP contribution in [0.5, 0.6) is 0 Å². The highest BCUT2D eigenvalue weighted by molar-refractivity contribution is 5.90. The monoisotopic (exact) mass is 389 g/mol. The molecule has 146 valence electrons. The summed E-state index contributed by atoms with van der Waals surface area (Å²) in [6, 6.07) is 14.6. The lowest BCUT2D eigenvalue weighted by Gasteiger charge is -2.27. The standard InChI is InChI=1S/C22H20FN5O/c23-14-7-5-13(6-8-14)20-16(15-3-1-2-4-18(15)25-20)11-28-10-9-19-17(12-28)21(29)27-22(24)26-19/h1-8,25H,9-12H2,(H3,24,26,27,29). The molecule has 4 N–H and O–H groups in total. The Labute approximate surface area is 166 Å². The molecule has 0 spiro atoms. The third-order valence-electron chi connectivity index (χ3n) is 5.49. The number of H-pyrrole nitrogens is 2. The zero-order chi connectivity index (χ0) is 20.0. The van der Waals surface area contributed by atoms with Crippen LogP contribution in [0, 0.1) is 5.82 Å². The number of fused-ring (bicyclic) bond motifs is 2. The van der Waals surface area contributed by atoms with Gasteiger partial charge in [-0.3, -0.25) is 14.7 Å². The molecule has 3 heterocycles. The third-order valence-corrected chi connectivity index (χ3v) is 5.49. The molecule has 0 saturated carbocycles. The molecule has 1 aliphatic heterocycles. The summed E-state index contributed by atoms with van der Waals surface area (Å²) >= 11 is 0. The van der Waals surface area contributed by atoms with Crippen LogP contribution in [0.4, 0.5) is 10.3 Å². The molecule has 2 aromatic carbocycles. The molecule has 0 bridgehead atoms. The van der Waals surface area contributed by atoms with Crippen LogP contribution in [0.15, 0.2) is 53.3 Å². The fraction of sp³-hybridized carbons (Fsp3) is 0.182. The topological polar surface area (TPSA) is 90.8 Å². The maximum Gasteiger partial charge on any atom is 0.257 e. The molecule has 0 aliphatic carbocycles. The van der Waals surface area contributed by atoms with E-state index in [9.17, 15) is 9.18 Å². The van der Waals surface area contributed by atoms with Gasteiger partial charge in [0.1, 0.15) is 5.82 Å². The number of nitrogens with one attached hydrogen (secondary N) is 2. The molecule has 29 heavy (non-hydrogen) atoms. The molecular weight excluding hydrogens is 369 g/mol. The zero-order valence-electron chi connectivity index (χ0n) is 15.7. The summed E-state index contributed by atoms with van der Waals surface area (Å²) in [5.41, 5.74) is 11.0. The van der Waals surface area contributed by atoms with E-state index in [1.54, 1.807) is 12.1 Å². The van der Waals surface area contributed by atoms with Gasteiger partial charge in [-0.1, -0.05) is 18.2 Å². The van der Waals surface area contributed by atoms with E-state index in [-0.39, 0.29) is 17.3 Å². The molecule has 5 rings (SSSR count). The summed E-state index contributed by atoms with van der Waals surface area (Å²) in [5.74, 6) is -0.0949. The highest BCUT2D eigenvalue weighted by Crippen LogP contribution is 2.32. The van der Waals surface area contributed by atoms with Gasteiger partial charge < -0.3 is 10.7 Å². The Balaban J connectivity index is 1.54. The van der Waals surface area contributed by atoms with E-state index in [0.717, 1.165) is 40.0 Å². The van der Waals surface area contributed by atoms with E-state index < -0.39 is 0 Å². The van der Waals surface area contributed by atoms with Crippen LogP contribution in [-0.4, -0.2) is 26.4 Å². The number of nitrogens with two attached hydrogens (primary N) is 1. The van der Waals surface area contributed by atoms with E-state index in [1.807, 2.05) is 18.2 Å². The van der Waals surface area contributed by atoms with Gasteiger partial charge in [0.25, 0.3) is 5.56 Å². The summed E-state index contributed by atoms with van der Waals surface area (Å²) in [6.07, 6.45) is 0.678. The second-order valence-electron chi connectivity index (χ2n) is 7.37. The van der Waals surface area contributed by atoms with Crippen molar-refractivity contribution in [3.8, 4) is 11.3 Å². The lowest BCUT2D eigenvalue weighted by molar-refractivity contribution is 0.243. The number of nitrogen functional groups attached to an aromatic ring is 1. The molecule has 1 aliphatic rings. The average Bonchev–Trinajstić information content (AvgIpc) is 3.07. The Hall–Kier alpha value is -3.45. The van der Waals surface area contributed by atoms with E-state index in [0.29, 0.717) is 25.1 Å². The number of aromatic nitrogens is 3. The summed E-state index contributed by atoms with van der Waals surface area (Å²) in [4.78, 5) is 24.9. The molecule has 0 atom stereocenters. The van der Waals surface area contributed by atoms with Crippen LogP contribution in [0.1, 0.15) is 16.8 Å². The minimum atomic E-state index is -0.259. The average molecular weight is 389 g/mol. The molecule has 0 radical (unpaired) electrons. The van der Waals surface area contributed by atoms with Crippen molar-refractivity contribution in [2.24, 2.45) is 0 Å². The van der Waals surface area contributed by atoms with Gasteiger partial charge in [0.2, 0.25) is 5.95 Å². The van der Waals surface area contributed by atoms with Gasteiger partial charge >= 0.3 is 0 Å². The van der Waals surface area contributed by atoms with E-state index in [2.05, 4.69) is 25.9 Å². The van der Waals surface area contributed by atoms with Gasteiger partial charge in [-0.15, -0.1) is 0 Å². The lowest BCUT2D eigenvalue weighted by atomic mass is 10.0. The smallest absolute Gasteiger partial charge is 0.257 e. The van der Waals surface area contributed by atoms with E-state index in [4.69, 9.17) is 5.73 Å². The van der Waals surface area contributed by atoms with E-state index >= 15 is 0 Å². The number of para-hydroxylation sites is 1. The molecule has 0 amide bonds. The van der Waals surface area contributed by atoms with Crippen molar-refractivity contribution >= 4 is 16.9 Å². The van der Waals surface area contributed by atoms with Crippen molar-refractivity contribution in [1.29, 1.82) is 0 Å². The van der Waals surface area contributed by atoms with Crippen molar-refractivity contribution in [3.05, 3.63) is 81.5 Å². The molecule has 7 heteroatoms. The first-order valence-electron chi connectivity index (χ1n) is 9.54. The number of nitrogens with zero attached hydrogens (tertiary/aromatic N) is 2. The minimum absolute atomic E-state index is 0.164. The van der Waals surface area contributed by atoms with Gasteiger partial charge in [0.15, 0.2) is 0 Å². The Kier molecular flexibility index (Phi) is 4.17. The maximum atomic E-state index is 13.4. The Bertz CT molecular complexity index is 1260. The SMILES string of the molecule is Nc1nc2c(c(=O)[nH]1)CN(Cc1c(-c3ccc(F)cc3)[nH]c3ccccc13)CC2. The highest BCUT2D eigenvalue weighted by Gasteiger charge is 2.23. The zero-order valence-corrected chi connectivity index (χ0v) is 15.7. The molecule has 0 unspecified atom stereocenters. The highest BCUT2D eigenvalue weighted by atomic mass is 19.1. The Morgan fingerprint density at radius 2 is 1.90 bits per heavy atom. The van der Waals surface area contributed by atoms with Crippen molar-refractivity contribution in [3.63, 3.8) is 0 Å². The molecule has 4 aromatic rings. The van der Waals surface area contributed by atoms with Gasteiger partial charge in [-0.05, 0) is 41.5 Å². The Morgan fingerprint density at radius 3 is 2.72 bits per heavy atom. The van der Waals surface area contributed by atoms with Gasteiger partial charge in [0, 0.05) is 37.0 Å². The predicted molar refractivity (Wildman–Crippen MR) is 111 cm³/mol. The van der Waals surface area contributed by atoms with Crippen LogP contribution >= 0.6 is 0 Å². The number of benzene rings is 2. The largest absolute Gasteiger partial charge is 0.369 e. The number of anilines is 1. The van der Waals surface area contributed by atoms with Crippen LogP contribution in [-0.2, 0) is 19.5 Å². The number of rotatable bonds is 3. The summed E-state index contributed by atoms with van der Waals surface area (Å²) in [6.45, 7) is 1.96. The van der Waals surface area contributed by atoms with Gasteiger partial charge in [0.05, 0.1) is 17.0 Å². The maximum absolute atomic E-state index is 13.4. The van der Waals surface area contributed by atoms with E-state index in [1.165, 1.54) is 12.1 Å². The van der Waals surface area contributed by atoms with Crippen LogP contribution in [0.2, 0.25) is 0 Å². The van der Waals surface area contributed by atoms with Crippen molar-refractivity contribution in [2.45, 2.75) is 19.5 Å². The second-order valence-corrected chi connectivity index (χ2v) is 7.37. The summed E-state index contributed by atoms with van der Waals surface area (Å²) in [5, 5.41) is 1.13. The van der Waals surface area contributed by atoms with Crippen molar-refractivity contribution < 1.29 is 4.39 Å². The predicted octanol–water partition coefficient (Wildman–Crippen LogP) is 3.20. The fourth-order valence-electron chi connectivity index (χ4n) is 4.09. The quantitative estimate of drug-likeness (QED) is 0.502. The number of halogens is 1. The van der Waals surface area contributed by atoms with Gasteiger partial charge in [-0.25, -0.2) is 9.37 Å². The lowest BCUT2D eigenvalue weighted by Crippen LogP contribution is -2.35. The summed E-state index contributed by atoms with van der Waals surface area (Å²) in [7, 11) is 0. The molecular formula is C22H20FN5O. The first-order chi connectivity index (χ1) is 14.1. The molecule has 6 nitrogen and oxygen atoms in total. The normalized spacial score (nSPS) is 14.2. The third kappa shape index (κ3) is 3.19. The van der Waals surface area contributed by atoms with Crippen molar-refractivity contribution in [1.82, 2.24) is 19.9 Å². The minimum Gasteiger partial charge on any atom is -0.369 e. The van der Waals surface area contributed by atoms with Crippen LogP contribution in [0.3, 0.4) is 0 Å². The molecule has 0 saturated heterocycles. The van der Waals surface area contributed by atoms with Crippen LogP contribution in [0.25, 0.3) is 22.2 Å². The second kappa shape index (κ2) is 6.86. The number of aromatic amines is 2. The molecule has 2 aromatic heterocycles.